The Hall–Kier alpha value is -2.19. The number of aromatic nitrogens is 4. The number of nitrogens with two attached hydrogens (primary N) is 1. The molecule has 2 N–H and O–H groups in total. The molecule has 0 aliphatic carbocycles. The second kappa shape index (κ2) is 4.59. The Morgan fingerprint density at radius 3 is 2.61 bits per heavy atom. The number of aryl methyl sites for hydroxylation is 1. The van der Waals surface area contributed by atoms with Crippen LogP contribution in [0, 0.1) is 0 Å². The summed E-state index contributed by atoms with van der Waals surface area (Å²) < 4.78 is 40.8. The van der Waals surface area contributed by atoms with Gasteiger partial charge in [-0.05, 0) is 0 Å². The quantitative estimate of drug-likeness (QED) is 0.900. The molecular weight excluding hydrogens is 251 g/mol. The minimum atomic E-state index is -4.26. The van der Waals surface area contributed by atoms with Crippen LogP contribution in [-0.2, 0) is 6.42 Å². The van der Waals surface area contributed by atoms with Crippen molar-refractivity contribution in [1.82, 2.24) is 20.1 Å². The highest BCUT2D eigenvalue weighted by Gasteiger charge is 2.27. The Labute approximate surface area is 99.0 Å². The molecule has 0 unspecified atom stereocenters. The average molecular weight is 259 g/mol. The van der Waals surface area contributed by atoms with E-state index in [4.69, 9.17) is 10.3 Å². The van der Waals surface area contributed by atoms with E-state index in [1.54, 1.807) is 0 Å². The molecule has 96 valence electrons. The summed E-state index contributed by atoms with van der Waals surface area (Å²) in [5.74, 6) is -0.0197. The van der Waals surface area contributed by atoms with Gasteiger partial charge in [0.25, 0.3) is 5.89 Å². The van der Waals surface area contributed by atoms with Gasteiger partial charge in [0.1, 0.15) is 0 Å². The molecule has 9 heteroatoms. The highest BCUT2D eigenvalue weighted by molar-refractivity contribution is 5.61. The molecule has 18 heavy (non-hydrogen) atoms. The van der Waals surface area contributed by atoms with Gasteiger partial charge in [0.2, 0.25) is 0 Å². The molecule has 2 aromatic rings. The molecular formula is C9H8F3N5O. The van der Waals surface area contributed by atoms with Crippen molar-refractivity contribution in [3.05, 3.63) is 18.2 Å². The van der Waals surface area contributed by atoms with Gasteiger partial charge >= 0.3 is 6.18 Å². The van der Waals surface area contributed by atoms with Gasteiger partial charge in [-0.2, -0.15) is 18.2 Å². The van der Waals surface area contributed by atoms with Crippen LogP contribution in [0.1, 0.15) is 12.2 Å². The van der Waals surface area contributed by atoms with E-state index in [1.807, 2.05) is 0 Å². The first-order chi connectivity index (χ1) is 8.46. The molecule has 0 aliphatic rings. The fourth-order valence-electron chi connectivity index (χ4n) is 1.22. The summed E-state index contributed by atoms with van der Waals surface area (Å²) in [6, 6.07) is 0. The molecule has 0 saturated heterocycles. The summed E-state index contributed by atoms with van der Waals surface area (Å²) in [6.07, 6.45) is -2.88. The maximum absolute atomic E-state index is 12.0. The van der Waals surface area contributed by atoms with Gasteiger partial charge < -0.3 is 10.3 Å². The number of halogens is 3. The number of hydrogen-bond donors (Lipinski definition) is 1. The van der Waals surface area contributed by atoms with E-state index < -0.39 is 12.6 Å². The van der Waals surface area contributed by atoms with Crippen LogP contribution in [0.4, 0.5) is 19.0 Å². The summed E-state index contributed by atoms with van der Waals surface area (Å²) in [7, 11) is 0. The monoisotopic (exact) mass is 259 g/mol. The van der Waals surface area contributed by atoms with Crippen LogP contribution in [0.15, 0.2) is 16.9 Å². The van der Waals surface area contributed by atoms with E-state index in [2.05, 4.69) is 20.1 Å². The van der Waals surface area contributed by atoms with Crippen molar-refractivity contribution in [2.45, 2.75) is 19.0 Å². The molecule has 0 bridgehead atoms. The molecule has 0 aromatic carbocycles. The minimum absolute atomic E-state index is 0.0437. The van der Waals surface area contributed by atoms with Crippen molar-refractivity contribution in [2.24, 2.45) is 0 Å². The van der Waals surface area contributed by atoms with E-state index >= 15 is 0 Å². The van der Waals surface area contributed by atoms with Gasteiger partial charge in [0, 0.05) is 18.8 Å². The maximum Gasteiger partial charge on any atom is 0.389 e. The Kier molecular flexibility index (Phi) is 3.13. The average Bonchev–Trinajstić information content (AvgIpc) is 2.75. The smallest absolute Gasteiger partial charge is 0.382 e. The highest BCUT2D eigenvalue weighted by atomic mass is 19.4. The topological polar surface area (TPSA) is 90.7 Å². The molecule has 0 spiro atoms. The molecule has 0 fully saturated rings. The van der Waals surface area contributed by atoms with Crippen LogP contribution >= 0.6 is 0 Å². The zero-order chi connectivity index (χ0) is 13.2. The third-order valence-corrected chi connectivity index (χ3v) is 2.03. The summed E-state index contributed by atoms with van der Waals surface area (Å²) in [6.45, 7) is 0. The SMILES string of the molecule is Nc1nccnc1-c1nc(CCC(F)(F)F)no1. The predicted molar refractivity (Wildman–Crippen MR) is 54.1 cm³/mol. The third kappa shape index (κ3) is 2.93. The van der Waals surface area contributed by atoms with Crippen molar-refractivity contribution < 1.29 is 17.7 Å². The number of hydrogen-bond acceptors (Lipinski definition) is 6. The number of nitrogens with zero attached hydrogens (tertiary/aromatic N) is 4. The number of nitrogen functional groups attached to an aromatic ring is 1. The molecule has 2 heterocycles. The number of anilines is 1. The van der Waals surface area contributed by atoms with Crippen molar-refractivity contribution in [2.75, 3.05) is 5.73 Å². The molecule has 0 aliphatic heterocycles. The van der Waals surface area contributed by atoms with Crippen LogP contribution in [0.3, 0.4) is 0 Å². The Balaban J connectivity index is 2.14. The third-order valence-electron chi connectivity index (χ3n) is 2.03. The molecule has 2 rings (SSSR count). The maximum atomic E-state index is 12.0. The van der Waals surface area contributed by atoms with Gasteiger partial charge in [-0.1, -0.05) is 5.16 Å². The number of rotatable bonds is 3. The zero-order valence-electron chi connectivity index (χ0n) is 8.98. The zero-order valence-corrected chi connectivity index (χ0v) is 8.98. The largest absolute Gasteiger partial charge is 0.389 e. The lowest BCUT2D eigenvalue weighted by molar-refractivity contribution is -0.134. The van der Waals surface area contributed by atoms with Crippen LogP contribution < -0.4 is 5.73 Å². The van der Waals surface area contributed by atoms with Crippen molar-refractivity contribution in [1.29, 1.82) is 0 Å². The summed E-state index contributed by atoms with van der Waals surface area (Å²) in [5, 5.41) is 3.43. The minimum Gasteiger partial charge on any atom is -0.382 e. The summed E-state index contributed by atoms with van der Waals surface area (Å²) in [4.78, 5) is 11.4. The molecule has 0 amide bonds. The predicted octanol–water partition coefficient (Wildman–Crippen LogP) is 1.60. The van der Waals surface area contributed by atoms with E-state index in [9.17, 15) is 13.2 Å². The first-order valence-corrected chi connectivity index (χ1v) is 4.92. The fourth-order valence-corrected chi connectivity index (χ4v) is 1.22. The van der Waals surface area contributed by atoms with E-state index in [0.717, 1.165) is 0 Å². The van der Waals surface area contributed by atoms with Gasteiger partial charge in [-0.3, -0.25) is 0 Å². The van der Waals surface area contributed by atoms with Crippen LogP contribution in [0.25, 0.3) is 11.6 Å². The van der Waals surface area contributed by atoms with Gasteiger partial charge in [-0.15, -0.1) is 0 Å². The lowest BCUT2D eigenvalue weighted by Gasteiger charge is -2.01. The molecule has 0 saturated carbocycles. The van der Waals surface area contributed by atoms with Crippen LogP contribution in [0.5, 0.6) is 0 Å². The Bertz CT molecular complexity index is 539. The van der Waals surface area contributed by atoms with Crippen LogP contribution in [0.2, 0.25) is 0 Å². The lowest BCUT2D eigenvalue weighted by atomic mass is 10.3. The standard InChI is InChI=1S/C9H8F3N5O/c10-9(11,12)2-1-5-16-8(18-17-5)6-7(13)15-4-3-14-6/h3-4H,1-2H2,(H2,13,15). The van der Waals surface area contributed by atoms with Gasteiger partial charge in [0.15, 0.2) is 17.3 Å². The Morgan fingerprint density at radius 2 is 1.94 bits per heavy atom. The Morgan fingerprint density at radius 1 is 1.22 bits per heavy atom. The van der Waals surface area contributed by atoms with Gasteiger partial charge in [-0.25, -0.2) is 9.97 Å². The fraction of sp³-hybridized carbons (Fsp3) is 0.333. The first kappa shape index (κ1) is 12.3. The van der Waals surface area contributed by atoms with Gasteiger partial charge in [0.05, 0.1) is 6.42 Å². The molecule has 0 atom stereocenters. The van der Waals surface area contributed by atoms with Crippen molar-refractivity contribution in [3.8, 4) is 11.6 Å². The van der Waals surface area contributed by atoms with E-state index in [1.165, 1.54) is 12.4 Å². The van der Waals surface area contributed by atoms with Crippen molar-refractivity contribution in [3.63, 3.8) is 0 Å². The van der Waals surface area contributed by atoms with E-state index in [0.29, 0.717) is 0 Å². The summed E-state index contributed by atoms with van der Waals surface area (Å²) in [5.41, 5.74) is 5.68. The lowest BCUT2D eigenvalue weighted by Crippen LogP contribution is -2.09. The normalized spacial score (nSPS) is 11.7. The van der Waals surface area contributed by atoms with E-state index in [-0.39, 0.29) is 29.6 Å². The second-order valence-electron chi connectivity index (χ2n) is 3.42. The molecule has 2 aromatic heterocycles. The highest BCUT2D eigenvalue weighted by Crippen LogP contribution is 2.23. The molecule has 6 nitrogen and oxygen atoms in total. The summed E-state index contributed by atoms with van der Waals surface area (Å²) >= 11 is 0. The van der Waals surface area contributed by atoms with Crippen molar-refractivity contribution >= 4 is 5.82 Å². The second-order valence-corrected chi connectivity index (χ2v) is 3.42. The van der Waals surface area contributed by atoms with Crippen LogP contribution in [-0.4, -0.2) is 26.3 Å². The first-order valence-electron chi connectivity index (χ1n) is 4.92. The molecule has 0 radical (unpaired) electrons. The number of alkyl halides is 3.